The maximum atomic E-state index is 13.7. The number of amides is 2. The molecule has 2 amide bonds. The number of anilines is 1. The Balaban J connectivity index is 1.94. The van der Waals surface area contributed by atoms with E-state index in [9.17, 15) is 14.0 Å². The lowest BCUT2D eigenvalue weighted by atomic mass is 10.1. The van der Waals surface area contributed by atoms with E-state index in [1.165, 1.54) is 6.07 Å². The first-order valence-electron chi connectivity index (χ1n) is 8.52. The number of thioether (sulfide) groups is 1. The predicted octanol–water partition coefficient (Wildman–Crippen LogP) is 3.39. The van der Waals surface area contributed by atoms with Crippen molar-refractivity contribution in [3.05, 3.63) is 59.9 Å². The summed E-state index contributed by atoms with van der Waals surface area (Å²) >= 11 is 1.57. The van der Waals surface area contributed by atoms with E-state index < -0.39 is 17.8 Å². The molecule has 2 aromatic rings. The topological polar surface area (TPSA) is 67.4 Å². The highest BCUT2D eigenvalue weighted by molar-refractivity contribution is 7.98. The minimum absolute atomic E-state index is 0.188. The fourth-order valence-corrected chi connectivity index (χ4v) is 2.78. The highest BCUT2D eigenvalue weighted by Crippen LogP contribution is 2.14. The first-order valence-corrected chi connectivity index (χ1v) is 9.92. The quantitative estimate of drug-likeness (QED) is 0.689. The van der Waals surface area contributed by atoms with Gasteiger partial charge in [-0.3, -0.25) is 9.59 Å². The number of hydrogen-bond acceptors (Lipinski definition) is 4. The Morgan fingerprint density at radius 2 is 1.93 bits per heavy atom. The second kappa shape index (κ2) is 10.6. The van der Waals surface area contributed by atoms with Gasteiger partial charge in [-0.2, -0.15) is 11.8 Å². The van der Waals surface area contributed by atoms with E-state index in [0.29, 0.717) is 29.2 Å². The molecule has 0 aromatic heterocycles. The van der Waals surface area contributed by atoms with Crippen LogP contribution >= 0.6 is 11.8 Å². The lowest BCUT2D eigenvalue weighted by molar-refractivity contribution is -0.127. The van der Waals surface area contributed by atoms with Crippen LogP contribution in [0.1, 0.15) is 12.0 Å². The van der Waals surface area contributed by atoms with Gasteiger partial charge >= 0.3 is 0 Å². The normalized spacial score (nSPS) is 11.5. The minimum Gasteiger partial charge on any atom is -0.484 e. The molecule has 0 aliphatic carbocycles. The zero-order valence-electron chi connectivity index (χ0n) is 15.3. The first kappa shape index (κ1) is 20.8. The van der Waals surface area contributed by atoms with Crippen LogP contribution in [0.15, 0.2) is 48.5 Å². The molecule has 2 aromatic carbocycles. The third kappa shape index (κ3) is 6.94. The average molecular weight is 390 g/mol. The number of rotatable bonds is 9. The number of aryl methyl sites for hydroxylation is 1. The van der Waals surface area contributed by atoms with Crippen LogP contribution in [0.5, 0.6) is 5.75 Å². The van der Waals surface area contributed by atoms with Crippen molar-refractivity contribution in [3.63, 3.8) is 0 Å². The molecule has 1 atom stereocenters. The maximum absolute atomic E-state index is 13.7. The van der Waals surface area contributed by atoms with Crippen molar-refractivity contribution in [1.82, 2.24) is 5.32 Å². The van der Waals surface area contributed by atoms with Gasteiger partial charge in [-0.1, -0.05) is 24.3 Å². The van der Waals surface area contributed by atoms with Gasteiger partial charge in [0.15, 0.2) is 6.61 Å². The molecule has 144 valence electrons. The van der Waals surface area contributed by atoms with E-state index in [1.54, 1.807) is 43.0 Å². The Bertz CT molecular complexity index is 771. The predicted molar refractivity (Wildman–Crippen MR) is 107 cm³/mol. The highest BCUT2D eigenvalue weighted by atomic mass is 32.2. The monoisotopic (exact) mass is 390 g/mol. The summed E-state index contributed by atoms with van der Waals surface area (Å²) in [7, 11) is 0. The van der Waals surface area contributed by atoms with Gasteiger partial charge < -0.3 is 15.4 Å². The summed E-state index contributed by atoms with van der Waals surface area (Å²) in [4.78, 5) is 24.7. The summed E-state index contributed by atoms with van der Waals surface area (Å²) in [6.07, 6.45) is 2.38. The smallest absolute Gasteiger partial charge is 0.258 e. The van der Waals surface area contributed by atoms with Gasteiger partial charge in [0.2, 0.25) is 5.91 Å². The van der Waals surface area contributed by atoms with Crippen molar-refractivity contribution in [2.24, 2.45) is 0 Å². The molecule has 27 heavy (non-hydrogen) atoms. The van der Waals surface area contributed by atoms with Crippen molar-refractivity contribution < 1.29 is 18.7 Å². The van der Waals surface area contributed by atoms with Crippen LogP contribution in [0.2, 0.25) is 0 Å². The van der Waals surface area contributed by atoms with Crippen molar-refractivity contribution in [2.45, 2.75) is 19.4 Å². The third-order valence-electron chi connectivity index (χ3n) is 3.81. The molecular formula is C20H23FN2O3S. The summed E-state index contributed by atoms with van der Waals surface area (Å²) in [5.74, 6) is 0.0948. The average Bonchev–Trinajstić information content (AvgIpc) is 2.67. The van der Waals surface area contributed by atoms with E-state index in [2.05, 4.69) is 10.6 Å². The summed E-state index contributed by atoms with van der Waals surface area (Å²) in [5, 5.41) is 5.34. The molecule has 1 unspecified atom stereocenters. The Morgan fingerprint density at radius 1 is 1.19 bits per heavy atom. The molecule has 2 rings (SSSR count). The highest BCUT2D eigenvalue weighted by Gasteiger charge is 2.21. The second-order valence-corrected chi connectivity index (χ2v) is 6.94. The lowest BCUT2D eigenvalue weighted by Gasteiger charge is -2.18. The minimum atomic E-state index is -0.728. The number of hydrogen-bond donors (Lipinski definition) is 2. The molecule has 0 saturated carbocycles. The molecular weight excluding hydrogens is 367 g/mol. The fourth-order valence-electron chi connectivity index (χ4n) is 2.31. The van der Waals surface area contributed by atoms with Crippen molar-refractivity contribution in [1.29, 1.82) is 0 Å². The van der Waals surface area contributed by atoms with Gasteiger partial charge in [-0.25, -0.2) is 4.39 Å². The number of para-hydroxylation sites is 1. The maximum Gasteiger partial charge on any atom is 0.258 e. The molecule has 0 radical (unpaired) electrons. The summed E-state index contributed by atoms with van der Waals surface area (Å²) in [6.45, 7) is 1.46. The van der Waals surface area contributed by atoms with Gasteiger partial charge in [0.05, 0.1) is 0 Å². The van der Waals surface area contributed by atoms with E-state index in [1.807, 2.05) is 24.5 Å². The van der Waals surface area contributed by atoms with Crippen LogP contribution in [0.25, 0.3) is 0 Å². The van der Waals surface area contributed by atoms with Crippen LogP contribution in [0.3, 0.4) is 0 Å². The molecule has 2 N–H and O–H groups in total. The Hall–Kier alpha value is -2.54. The molecule has 0 fully saturated rings. The molecule has 0 spiro atoms. The third-order valence-corrected chi connectivity index (χ3v) is 4.46. The Morgan fingerprint density at radius 3 is 2.59 bits per heavy atom. The van der Waals surface area contributed by atoms with Crippen LogP contribution < -0.4 is 15.4 Å². The van der Waals surface area contributed by atoms with Gasteiger partial charge in [0, 0.05) is 5.69 Å². The Labute approximate surface area is 162 Å². The number of carbonyl (C=O) groups is 2. The number of benzene rings is 2. The number of nitrogens with one attached hydrogen (secondary N) is 2. The zero-order valence-corrected chi connectivity index (χ0v) is 16.1. The summed E-state index contributed by atoms with van der Waals surface area (Å²) in [5.41, 5.74) is 0.852. The molecule has 0 aliphatic rings. The molecule has 5 nitrogen and oxygen atoms in total. The number of carbonyl (C=O) groups excluding carboxylic acids is 2. The Kier molecular flexibility index (Phi) is 8.13. The second-order valence-electron chi connectivity index (χ2n) is 5.96. The largest absolute Gasteiger partial charge is 0.484 e. The van der Waals surface area contributed by atoms with Crippen LogP contribution in [0, 0.1) is 12.7 Å². The molecule has 0 saturated heterocycles. The van der Waals surface area contributed by atoms with Crippen LogP contribution in [-0.4, -0.2) is 36.5 Å². The van der Waals surface area contributed by atoms with Gasteiger partial charge in [0.1, 0.15) is 17.6 Å². The van der Waals surface area contributed by atoms with Gasteiger partial charge in [0.25, 0.3) is 5.91 Å². The van der Waals surface area contributed by atoms with Crippen molar-refractivity contribution in [2.75, 3.05) is 23.9 Å². The zero-order chi connectivity index (χ0) is 19.6. The SMILES string of the molecule is CSCCC(NC(=O)COc1ccccc1)C(=O)Nc1ccc(C)c(F)c1. The van der Waals surface area contributed by atoms with E-state index >= 15 is 0 Å². The van der Waals surface area contributed by atoms with E-state index in [4.69, 9.17) is 4.74 Å². The van der Waals surface area contributed by atoms with Crippen LogP contribution in [-0.2, 0) is 9.59 Å². The fraction of sp³-hybridized carbons (Fsp3) is 0.300. The standard InChI is InChI=1S/C20H23FN2O3S/c1-14-8-9-15(12-17(14)21)22-20(25)18(10-11-27-2)23-19(24)13-26-16-6-4-3-5-7-16/h3-9,12,18H,10-11,13H2,1-2H3,(H,22,25)(H,23,24). The van der Waals surface area contributed by atoms with Crippen LogP contribution in [0.4, 0.5) is 10.1 Å². The lowest BCUT2D eigenvalue weighted by Crippen LogP contribution is -2.45. The first-order chi connectivity index (χ1) is 13.0. The van der Waals surface area contributed by atoms with Crippen molar-refractivity contribution in [3.8, 4) is 5.75 Å². The number of halogens is 1. The van der Waals surface area contributed by atoms with Gasteiger partial charge in [-0.05, 0) is 55.2 Å². The van der Waals surface area contributed by atoms with Gasteiger partial charge in [-0.15, -0.1) is 0 Å². The van der Waals surface area contributed by atoms with Crippen molar-refractivity contribution >= 4 is 29.3 Å². The summed E-state index contributed by atoms with van der Waals surface area (Å²) < 4.78 is 19.1. The van der Waals surface area contributed by atoms with E-state index in [0.717, 1.165) is 0 Å². The molecule has 0 bridgehead atoms. The number of ether oxygens (including phenoxy) is 1. The molecule has 0 heterocycles. The molecule has 7 heteroatoms. The molecule has 0 aliphatic heterocycles. The summed E-state index contributed by atoms with van der Waals surface area (Å²) in [6, 6.07) is 12.7. The van der Waals surface area contributed by atoms with E-state index in [-0.39, 0.29) is 12.5 Å².